The number of piperidine rings is 1. The number of carbonyl (C=O) groups is 2. The number of hydrogen-bond acceptors (Lipinski definition) is 2. The quantitative estimate of drug-likeness (QED) is 0.773. The van der Waals surface area contributed by atoms with Crippen molar-refractivity contribution < 1.29 is 9.59 Å². The van der Waals surface area contributed by atoms with E-state index in [9.17, 15) is 9.59 Å². The average molecular weight is 397 g/mol. The Bertz CT molecular complexity index is 847. The summed E-state index contributed by atoms with van der Waals surface area (Å²) < 4.78 is 0. The van der Waals surface area contributed by atoms with E-state index in [4.69, 9.17) is 11.6 Å². The van der Waals surface area contributed by atoms with Crippen LogP contribution in [0.4, 0.5) is 0 Å². The molecular weight excluding hydrogens is 372 g/mol. The lowest BCUT2D eigenvalue weighted by molar-refractivity contribution is -0.136. The zero-order valence-corrected chi connectivity index (χ0v) is 16.6. The minimum atomic E-state index is -0.347. The molecule has 0 aliphatic carbocycles. The van der Waals surface area contributed by atoms with Crippen molar-refractivity contribution in [2.75, 3.05) is 19.6 Å². The number of amides is 2. The highest BCUT2D eigenvalue weighted by atomic mass is 35.5. The Hall–Kier alpha value is -2.33. The molecule has 2 aliphatic heterocycles. The SMILES string of the molecule is O=C(C1CCCN1C(=O)c1cccc(Cl)c1)N1CCC(c2ccccc2)CC1. The molecule has 0 bridgehead atoms. The van der Waals surface area contributed by atoms with Gasteiger partial charge >= 0.3 is 0 Å². The summed E-state index contributed by atoms with van der Waals surface area (Å²) in [5.74, 6) is 0.509. The van der Waals surface area contributed by atoms with Gasteiger partial charge in [0.2, 0.25) is 5.91 Å². The summed E-state index contributed by atoms with van der Waals surface area (Å²) in [5.41, 5.74) is 1.91. The lowest BCUT2D eigenvalue weighted by Crippen LogP contribution is -2.49. The second-order valence-corrected chi connectivity index (χ2v) is 8.11. The van der Waals surface area contributed by atoms with E-state index in [0.717, 1.165) is 38.8 Å². The summed E-state index contributed by atoms with van der Waals surface area (Å²) >= 11 is 6.03. The van der Waals surface area contributed by atoms with Crippen molar-refractivity contribution in [1.29, 1.82) is 0 Å². The fourth-order valence-corrected chi connectivity index (χ4v) is 4.61. The number of hydrogen-bond donors (Lipinski definition) is 0. The molecule has 1 unspecified atom stereocenters. The molecule has 28 heavy (non-hydrogen) atoms. The third-order valence-corrected chi connectivity index (χ3v) is 6.18. The lowest BCUT2D eigenvalue weighted by atomic mass is 9.89. The third-order valence-electron chi connectivity index (χ3n) is 5.95. The van der Waals surface area contributed by atoms with E-state index in [-0.39, 0.29) is 17.9 Å². The average Bonchev–Trinajstić information content (AvgIpc) is 3.23. The van der Waals surface area contributed by atoms with Crippen LogP contribution in [0.15, 0.2) is 54.6 Å². The molecule has 0 N–H and O–H groups in total. The standard InChI is InChI=1S/C23H25ClN2O2/c24-20-9-4-8-19(16-20)22(27)26-13-5-10-21(26)23(28)25-14-11-18(12-15-25)17-6-2-1-3-7-17/h1-4,6-9,16,18,21H,5,10-15H2. The van der Waals surface area contributed by atoms with Crippen LogP contribution in [0.3, 0.4) is 0 Å². The highest BCUT2D eigenvalue weighted by Gasteiger charge is 2.38. The molecule has 2 amide bonds. The molecule has 4 rings (SSSR count). The van der Waals surface area contributed by atoms with Crippen LogP contribution < -0.4 is 0 Å². The van der Waals surface area contributed by atoms with Gasteiger partial charge in [-0.15, -0.1) is 0 Å². The summed E-state index contributed by atoms with van der Waals surface area (Å²) in [6.07, 6.45) is 3.56. The monoisotopic (exact) mass is 396 g/mol. The minimum Gasteiger partial charge on any atom is -0.341 e. The van der Waals surface area contributed by atoms with Crippen molar-refractivity contribution in [2.24, 2.45) is 0 Å². The Labute approximate surface area is 171 Å². The van der Waals surface area contributed by atoms with Crippen LogP contribution in [0.2, 0.25) is 5.02 Å². The molecule has 2 aromatic rings. The van der Waals surface area contributed by atoms with Gasteiger partial charge in [0.05, 0.1) is 0 Å². The van der Waals surface area contributed by atoms with Gasteiger partial charge in [-0.25, -0.2) is 0 Å². The van der Waals surface area contributed by atoms with Crippen molar-refractivity contribution in [3.8, 4) is 0 Å². The van der Waals surface area contributed by atoms with Gasteiger partial charge in [0.15, 0.2) is 0 Å². The lowest BCUT2D eigenvalue weighted by Gasteiger charge is -2.35. The van der Waals surface area contributed by atoms with Crippen molar-refractivity contribution in [3.05, 3.63) is 70.7 Å². The molecule has 0 aromatic heterocycles. The van der Waals surface area contributed by atoms with E-state index < -0.39 is 0 Å². The zero-order chi connectivity index (χ0) is 19.5. The molecule has 2 aliphatic rings. The van der Waals surface area contributed by atoms with Crippen LogP contribution in [-0.2, 0) is 4.79 Å². The molecule has 5 heteroatoms. The van der Waals surface area contributed by atoms with Gasteiger partial charge < -0.3 is 9.80 Å². The Morgan fingerprint density at radius 1 is 0.893 bits per heavy atom. The smallest absolute Gasteiger partial charge is 0.254 e. The van der Waals surface area contributed by atoms with Gasteiger partial charge in [0.25, 0.3) is 5.91 Å². The number of likely N-dealkylation sites (tertiary alicyclic amines) is 2. The first kappa shape index (κ1) is 19.0. The molecule has 4 nitrogen and oxygen atoms in total. The highest BCUT2D eigenvalue weighted by Crippen LogP contribution is 2.30. The van der Waals surface area contributed by atoms with Gasteiger partial charge in [0.1, 0.15) is 6.04 Å². The summed E-state index contributed by atoms with van der Waals surface area (Å²) in [6.45, 7) is 2.14. The topological polar surface area (TPSA) is 40.6 Å². The first-order valence-corrected chi connectivity index (χ1v) is 10.4. The predicted molar refractivity (Wildman–Crippen MR) is 111 cm³/mol. The fraction of sp³-hybridized carbons (Fsp3) is 0.391. The van der Waals surface area contributed by atoms with E-state index in [0.29, 0.717) is 23.0 Å². The van der Waals surface area contributed by atoms with Crippen molar-refractivity contribution in [3.63, 3.8) is 0 Å². The molecule has 2 aromatic carbocycles. The molecule has 2 fully saturated rings. The van der Waals surface area contributed by atoms with Gasteiger partial charge in [-0.2, -0.15) is 0 Å². The van der Waals surface area contributed by atoms with Crippen LogP contribution >= 0.6 is 11.6 Å². The normalized spacial score (nSPS) is 20.4. The predicted octanol–water partition coefficient (Wildman–Crippen LogP) is 4.35. The molecule has 1 atom stereocenters. The summed E-state index contributed by atoms with van der Waals surface area (Å²) in [7, 11) is 0. The van der Waals surface area contributed by atoms with E-state index in [1.165, 1.54) is 5.56 Å². The molecule has 2 heterocycles. The van der Waals surface area contributed by atoms with Crippen molar-refractivity contribution in [2.45, 2.75) is 37.6 Å². The van der Waals surface area contributed by atoms with Crippen LogP contribution in [0.1, 0.15) is 47.5 Å². The summed E-state index contributed by atoms with van der Waals surface area (Å²) in [6, 6.07) is 17.1. The maximum Gasteiger partial charge on any atom is 0.254 e. The fourth-order valence-electron chi connectivity index (χ4n) is 4.42. The molecule has 146 valence electrons. The van der Waals surface area contributed by atoms with Crippen molar-refractivity contribution in [1.82, 2.24) is 9.80 Å². The van der Waals surface area contributed by atoms with E-state index in [1.807, 2.05) is 11.0 Å². The molecular formula is C23H25ClN2O2. The molecule has 0 saturated carbocycles. The minimum absolute atomic E-state index is 0.0967. The van der Waals surface area contributed by atoms with Gasteiger partial charge in [-0.1, -0.05) is 48.0 Å². The third kappa shape index (κ3) is 3.93. The Balaban J connectivity index is 1.41. The maximum atomic E-state index is 13.2. The number of nitrogens with zero attached hydrogens (tertiary/aromatic N) is 2. The van der Waals surface area contributed by atoms with E-state index in [1.54, 1.807) is 29.2 Å². The second kappa shape index (κ2) is 8.36. The number of carbonyl (C=O) groups excluding carboxylic acids is 2. The molecule has 0 spiro atoms. The first-order valence-electron chi connectivity index (χ1n) is 10.0. The Morgan fingerprint density at radius 3 is 2.36 bits per heavy atom. The van der Waals surface area contributed by atoms with Gasteiger partial charge in [-0.3, -0.25) is 9.59 Å². The maximum absolute atomic E-state index is 13.2. The first-order chi connectivity index (χ1) is 13.6. The molecule has 2 saturated heterocycles. The zero-order valence-electron chi connectivity index (χ0n) is 15.9. The largest absolute Gasteiger partial charge is 0.341 e. The Morgan fingerprint density at radius 2 is 1.64 bits per heavy atom. The Kier molecular flexibility index (Phi) is 5.67. The van der Waals surface area contributed by atoms with Crippen LogP contribution in [0.5, 0.6) is 0 Å². The van der Waals surface area contributed by atoms with Crippen molar-refractivity contribution >= 4 is 23.4 Å². The number of halogens is 1. The van der Waals surface area contributed by atoms with E-state index >= 15 is 0 Å². The second-order valence-electron chi connectivity index (χ2n) is 7.68. The van der Waals surface area contributed by atoms with E-state index in [2.05, 4.69) is 24.3 Å². The van der Waals surface area contributed by atoms with Crippen LogP contribution in [0, 0.1) is 0 Å². The van der Waals surface area contributed by atoms with Gasteiger partial charge in [-0.05, 0) is 55.4 Å². The number of benzene rings is 2. The van der Waals surface area contributed by atoms with Gasteiger partial charge in [0, 0.05) is 30.2 Å². The summed E-state index contributed by atoms with van der Waals surface area (Å²) in [4.78, 5) is 29.8. The number of rotatable bonds is 3. The summed E-state index contributed by atoms with van der Waals surface area (Å²) in [5, 5.41) is 0.538. The van der Waals surface area contributed by atoms with Crippen LogP contribution in [0.25, 0.3) is 0 Å². The van der Waals surface area contributed by atoms with Crippen LogP contribution in [-0.4, -0.2) is 47.3 Å². The molecule has 0 radical (unpaired) electrons. The highest BCUT2D eigenvalue weighted by molar-refractivity contribution is 6.31.